The second-order valence-electron chi connectivity index (χ2n) is 4.50. The first kappa shape index (κ1) is 15.5. The normalized spacial score (nSPS) is 10.3. The van der Waals surface area contributed by atoms with Gasteiger partial charge in [-0.3, -0.25) is 4.79 Å². The predicted octanol–water partition coefficient (Wildman–Crippen LogP) is 3.52. The maximum atomic E-state index is 12.3. The number of benzene rings is 1. The van der Waals surface area contributed by atoms with Crippen molar-refractivity contribution < 1.29 is 9.53 Å². The van der Waals surface area contributed by atoms with E-state index in [2.05, 4.69) is 13.8 Å². The molecule has 0 bridgehead atoms. The van der Waals surface area contributed by atoms with Gasteiger partial charge in [-0.1, -0.05) is 19.9 Å². The average molecular weight is 263 g/mol. The van der Waals surface area contributed by atoms with Crippen LogP contribution in [0.15, 0.2) is 18.2 Å². The fourth-order valence-electron chi connectivity index (χ4n) is 2.02. The van der Waals surface area contributed by atoms with Crippen LogP contribution in [0.25, 0.3) is 0 Å². The van der Waals surface area contributed by atoms with Crippen molar-refractivity contribution in [3.05, 3.63) is 29.3 Å². The Labute approximate surface area is 116 Å². The lowest BCUT2D eigenvalue weighted by Gasteiger charge is -2.19. The smallest absolute Gasteiger partial charge is 0.253 e. The van der Waals surface area contributed by atoms with Gasteiger partial charge in [0.05, 0.1) is 6.61 Å². The molecule has 1 rings (SSSR count). The van der Waals surface area contributed by atoms with Crippen LogP contribution in [-0.4, -0.2) is 30.5 Å². The quantitative estimate of drug-likeness (QED) is 0.753. The van der Waals surface area contributed by atoms with Crippen molar-refractivity contribution in [3.8, 4) is 5.75 Å². The van der Waals surface area contributed by atoms with Crippen LogP contribution in [-0.2, 0) is 6.42 Å². The fourth-order valence-corrected chi connectivity index (χ4v) is 2.02. The minimum absolute atomic E-state index is 0.0778. The molecule has 0 atom stereocenters. The molecule has 0 saturated heterocycles. The molecule has 0 N–H and O–H groups in total. The van der Waals surface area contributed by atoms with E-state index in [9.17, 15) is 4.79 Å². The highest BCUT2D eigenvalue weighted by atomic mass is 16.5. The van der Waals surface area contributed by atoms with E-state index in [1.54, 1.807) is 0 Å². The van der Waals surface area contributed by atoms with Gasteiger partial charge >= 0.3 is 0 Å². The first-order chi connectivity index (χ1) is 9.17. The van der Waals surface area contributed by atoms with Crippen LogP contribution in [0.3, 0.4) is 0 Å². The van der Waals surface area contributed by atoms with Gasteiger partial charge in [-0.25, -0.2) is 0 Å². The molecule has 0 aliphatic rings. The molecule has 1 aromatic rings. The third kappa shape index (κ3) is 3.98. The number of amides is 1. The maximum absolute atomic E-state index is 12.3. The highest BCUT2D eigenvalue weighted by Gasteiger charge is 2.14. The Bertz CT molecular complexity index is 411. The van der Waals surface area contributed by atoms with Gasteiger partial charge in [0.2, 0.25) is 0 Å². The predicted molar refractivity (Wildman–Crippen MR) is 78.9 cm³/mol. The number of hydrogen-bond donors (Lipinski definition) is 0. The molecule has 106 valence electrons. The Kier molecular flexibility index (Phi) is 6.40. The van der Waals surface area contributed by atoms with Gasteiger partial charge in [-0.05, 0) is 44.4 Å². The number of hydrogen-bond acceptors (Lipinski definition) is 2. The molecule has 1 amide bonds. The number of rotatable bonds is 7. The van der Waals surface area contributed by atoms with Gasteiger partial charge in [0, 0.05) is 18.7 Å². The van der Waals surface area contributed by atoms with Gasteiger partial charge in [0.15, 0.2) is 0 Å². The summed E-state index contributed by atoms with van der Waals surface area (Å²) in [6.45, 7) is 10.3. The van der Waals surface area contributed by atoms with Gasteiger partial charge in [0.1, 0.15) is 5.75 Å². The van der Waals surface area contributed by atoms with Crippen molar-refractivity contribution in [1.82, 2.24) is 4.90 Å². The highest BCUT2D eigenvalue weighted by Crippen LogP contribution is 2.22. The van der Waals surface area contributed by atoms with Crippen molar-refractivity contribution >= 4 is 5.91 Å². The van der Waals surface area contributed by atoms with Gasteiger partial charge < -0.3 is 9.64 Å². The summed E-state index contributed by atoms with van der Waals surface area (Å²) in [4.78, 5) is 14.1. The molecule has 0 unspecified atom stereocenters. The zero-order chi connectivity index (χ0) is 14.3. The monoisotopic (exact) mass is 263 g/mol. The van der Waals surface area contributed by atoms with Crippen LogP contribution in [0, 0.1) is 0 Å². The van der Waals surface area contributed by atoms with Crippen LogP contribution in [0.2, 0.25) is 0 Å². The average Bonchev–Trinajstić information content (AvgIpc) is 2.45. The number of ether oxygens (including phenoxy) is 1. The summed E-state index contributed by atoms with van der Waals surface area (Å²) < 4.78 is 5.74. The van der Waals surface area contributed by atoms with Crippen molar-refractivity contribution in [2.24, 2.45) is 0 Å². The Balaban J connectivity index is 2.99. The Morgan fingerprint density at radius 3 is 2.37 bits per heavy atom. The number of aryl methyl sites for hydroxylation is 1. The lowest BCUT2D eigenvalue weighted by Crippen LogP contribution is -2.30. The van der Waals surface area contributed by atoms with Crippen LogP contribution in [0.5, 0.6) is 5.75 Å². The minimum Gasteiger partial charge on any atom is -0.493 e. The summed E-state index contributed by atoms with van der Waals surface area (Å²) in [5, 5.41) is 0. The van der Waals surface area contributed by atoms with Crippen LogP contribution in [0.4, 0.5) is 0 Å². The molecule has 3 heteroatoms. The molecule has 0 heterocycles. The molecule has 0 fully saturated rings. The van der Waals surface area contributed by atoms with Gasteiger partial charge in [-0.2, -0.15) is 0 Å². The third-order valence-electron chi connectivity index (χ3n) is 3.21. The molecular formula is C16H25NO2. The number of carbonyl (C=O) groups excluding carboxylic acids is 1. The highest BCUT2D eigenvalue weighted by molar-refractivity contribution is 5.94. The van der Waals surface area contributed by atoms with E-state index in [0.717, 1.165) is 37.2 Å². The summed E-state index contributed by atoms with van der Waals surface area (Å²) in [5.41, 5.74) is 1.87. The largest absolute Gasteiger partial charge is 0.493 e. The van der Waals surface area contributed by atoms with Crippen molar-refractivity contribution in [2.45, 2.75) is 40.5 Å². The maximum Gasteiger partial charge on any atom is 0.253 e. The van der Waals surface area contributed by atoms with Crippen molar-refractivity contribution in [1.29, 1.82) is 0 Å². The minimum atomic E-state index is 0.0778. The first-order valence-electron chi connectivity index (χ1n) is 7.22. The Morgan fingerprint density at radius 1 is 1.16 bits per heavy atom. The van der Waals surface area contributed by atoms with E-state index in [1.807, 2.05) is 36.9 Å². The van der Waals surface area contributed by atoms with E-state index in [0.29, 0.717) is 12.2 Å². The van der Waals surface area contributed by atoms with E-state index in [-0.39, 0.29) is 5.91 Å². The first-order valence-corrected chi connectivity index (χ1v) is 7.22. The molecule has 0 saturated carbocycles. The zero-order valence-electron chi connectivity index (χ0n) is 12.5. The molecule has 0 aliphatic heterocycles. The summed E-state index contributed by atoms with van der Waals surface area (Å²) in [5.74, 6) is 0.927. The standard InChI is InChI=1S/C16H25NO2/c1-5-11-19-15-12-14(10-9-13(15)6-2)16(18)17(7-3)8-4/h9-10,12H,5-8,11H2,1-4H3. The molecule has 0 aromatic heterocycles. The van der Waals surface area contributed by atoms with E-state index >= 15 is 0 Å². The summed E-state index contributed by atoms with van der Waals surface area (Å²) in [7, 11) is 0. The van der Waals surface area contributed by atoms with Crippen LogP contribution >= 0.6 is 0 Å². The number of nitrogens with zero attached hydrogens (tertiary/aromatic N) is 1. The van der Waals surface area contributed by atoms with Crippen LogP contribution in [0.1, 0.15) is 50.0 Å². The van der Waals surface area contributed by atoms with E-state index in [1.165, 1.54) is 0 Å². The second-order valence-corrected chi connectivity index (χ2v) is 4.50. The fraction of sp³-hybridized carbons (Fsp3) is 0.562. The molecule has 1 aromatic carbocycles. The summed E-state index contributed by atoms with van der Waals surface area (Å²) in [6, 6.07) is 5.79. The van der Waals surface area contributed by atoms with Crippen molar-refractivity contribution in [2.75, 3.05) is 19.7 Å². The molecular weight excluding hydrogens is 238 g/mol. The topological polar surface area (TPSA) is 29.5 Å². The number of carbonyl (C=O) groups is 1. The van der Waals surface area contributed by atoms with Crippen LogP contribution < -0.4 is 4.74 Å². The van der Waals surface area contributed by atoms with Gasteiger partial charge in [-0.15, -0.1) is 0 Å². The molecule has 3 nitrogen and oxygen atoms in total. The lowest BCUT2D eigenvalue weighted by atomic mass is 10.1. The second kappa shape index (κ2) is 7.82. The third-order valence-corrected chi connectivity index (χ3v) is 3.21. The zero-order valence-corrected chi connectivity index (χ0v) is 12.5. The van der Waals surface area contributed by atoms with E-state index in [4.69, 9.17) is 4.74 Å². The summed E-state index contributed by atoms with van der Waals surface area (Å²) in [6.07, 6.45) is 1.89. The molecule has 0 spiro atoms. The SMILES string of the molecule is CCCOc1cc(C(=O)N(CC)CC)ccc1CC. The molecule has 0 radical (unpaired) electrons. The van der Waals surface area contributed by atoms with Gasteiger partial charge in [0.25, 0.3) is 5.91 Å². The summed E-state index contributed by atoms with van der Waals surface area (Å²) >= 11 is 0. The van der Waals surface area contributed by atoms with E-state index < -0.39 is 0 Å². The molecule has 0 aliphatic carbocycles. The Hall–Kier alpha value is -1.51. The van der Waals surface area contributed by atoms with Crippen molar-refractivity contribution in [3.63, 3.8) is 0 Å². The molecule has 19 heavy (non-hydrogen) atoms. The Morgan fingerprint density at radius 2 is 1.84 bits per heavy atom. The lowest BCUT2D eigenvalue weighted by molar-refractivity contribution is 0.0772.